The Morgan fingerprint density at radius 3 is 2.23 bits per heavy atom. The van der Waals surface area contributed by atoms with Crippen LogP contribution in [0.4, 0.5) is 11.4 Å². The third-order valence-electron chi connectivity index (χ3n) is 3.02. The second-order valence-corrected chi connectivity index (χ2v) is 5.67. The molecular weight excluding hydrogens is 323 g/mol. The van der Waals surface area contributed by atoms with Crippen molar-refractivity contribution >= 4 is 46.4 Å². The smallest absolute Gasteiger partial charge is 0.314 e. The van der Waals surface area contributed by atoms with E-state index < -0.39 is 11.8 Å². The van der Waals surface area contributed by atoms with Crippen LogP contribution in [0.3, 0.4) is 0 Å². The molecule has 2 aromatic rings. The number of amides is 2. The largest absolute Gasteiger partial charge is 0.318 e. The maximum atomic E-state index is 11.9. The van der Waals surface area contributed by atoms with Crippen molar-refractivity contribution in [1.29, 1.82) is 0 Å². The zero-order chi connectivity index (χ0) is 16.3. The molecule has 6 heteroatoms. The van der Waals surface area contributed by atoms with Crippen molar-refractivity contribution in [3.05, 3.63) is 57.6 Å². The minimum atomic E-state index is -0.778. The Kier molecular flexibility index (Phi) is 5.06. The zero-order valence-corrected chi connectivity index (χ0v) is 13.5. The van der Waals surface area contributed by atoms with E-state index in [1.807, 2.05) is 26.0 Å². The summed E-state index contributed by atoms with van der Waals surface area (Å²) in [5.41, 5.74) is 2.87. The Balaban J connectivity index is 2.07. The summed E-state index contributed by atoms with van der Waals surface area (Å²) in [5.74, 6) is -1.53. The van der Waals surface area contributed by atoms with E-state index in [9.17, 15) is 9.59 Å². The fourth-order valence-electron chi connectivity index (χ4n) is 1.81. The molecule has 2 N–H and O–H groups in total. The molecule has 2 aromatic carbocycles. The first-order chi connectivity index (χ1) is 10.4. The molecule has 0 aliphatic heterocycles. The minimum Gasteiger partial charge on any atom is -0.318 e. The van der Waals surface area contributed by atoms with Gasteiger partial charge in [-0.2, -0.15) is 0 Å². The van der Waals surface area contributed by atoms with Gasteiger partial charge in [0.25, 0.3) is 0 Å². The summed E-state index contributed by atoms with van der Waals surface area (Å²) in [4.78, 5) is 23.9. The fraction of sp³-hybridized carbons (Fsp3) is 0.125. The van der Waals surface area contributed by atoms with E-state index in [4.69, 9.17) is 23.2 Å². The third-order valence-corrected chi connectivity index (χ3v) is 3.76. The summed E-state index contributed by atoms with van der Waals surface area (Å²) in [6.07, 6.45) is 0. The molecule has 0 atom stereocenters. The standard InChI is InChI=1S/C16H14Cl2N2O2/c1-9-3-4-10(2)14(7-9)20-16(22)15(21)19-11-5-6-12(17)13(18)8-11/h3-8H,1-2H3,(H,19,21)(H,20,22). The first-order valence-corrected chi connectivity index (χ1v) is 7.27. The molecule has 0 unspecified atom stereocenters. The van der Waals surface area contributed by atoms with Crippen molar-refractivity contribution in [3.63, 3.8) is 0 Å². The number of benzene rings is 2. The highest BCUT2D eigenvalue weighted by Crippen LogP contribution is 2.25. The van der Waals surface area contributed by atoms with Gasteiger partial charge in [0.05, 0.1) is 10.0 Å². The van der Waals surface area contributed by atoms with Gasteiger partial charge in [0.15, 0.2) is 0 Å². The second-order valence-electron chi connectivity index (χ2n) is 4.86. The van der Waals surface area contributed by atoms with Gasteiger partial charge in [-0.1, -0.05) is 35.3 Å². The molecule has 4 nitrogen and oxygen atoms in total. The average Bonchev–Trinajstić information content (AvgIpc) is 2.46. The van der Waals surface area contributed by atoms with Gasteiger partial charge in [0.2, 0.25) is 0 Å². The van der Waals surface area contributed by atoms with Crippen molar-refractivity contribution in [2.24, 2.45) is 0 Å². The van der Waals surface area contributed by atoms with E-state index in [0.717, 1.165) is 11.1 Å². The molecule has 0 saturated carbocycles. The number of anilines is 2. The number of carbonyl (C=O) groups excluding carboxylic acids is 2. The maximum Gasteiger partial charge on any atom is 0.314 e. The lowest BCUT2D eigenvalue weighted by Gasteiger charge is -2.10. The summed E-state index contributed by atoms with van der Waals surface area (Å²) in [5, 5.41) is 5.73. The number of nitrogens with one attached hydrogen (secondary N) is 2. The van der Waals surface area contributed by atoms with Gasteiger partial charge in [-0.3, -0.25) is 9.59 Å². The van der Waals surface area contributed by atoms with Crippen LogP contribution >= 0.6 is 23.2 Å². The van der Waals surface area contributed by atoms with E-state index in [2.05, 4.69) is 10.6 Å². The molecule has 22 heavy (non-hydrogen) atoms. The number of halogens is 2. The van der Waals surface area contributed by atoms with Crippen molar-refractivity contribution in [3.8, 4) is 0 Å². The first kappa shape index (κ1) is 16.3. The van der Waals surface area contributed by atoms with Gasteiger partial charge in [0, 0.05) is 11.4 Å². The highest BCUT2D eigenvalue weighted by molar-refractivity contribution is 6.44. The van der Waals surface area contributed by atoms with Gasteiger partial charge >= 0.3 is 11.8 Å². The predicted molar refractivity (Wildman–Crippen MR) is 89.6 cm³/mol. The van der Waals surface area contributed by atoms with Crippen LogP contribution in [-0.4, -0.2) is 11.8 Å². The molecule has 0 radical (unpaired) electrons. The van der Waals surface area contributed by atoms with Gasteiger partial charge in [-0.25, -0.2) is 0 Å². The molecule has 0 spiro atoms. The topological polar surface area (TPSA) is 58.2 Å². The van der Waals surface area contributed by atoms with Gasteiger partial charge in [-0.15, -0.1) is 0 Å². The Hall–Kier alpha value is -2.04. The van der Waals surface area contributed by atoms with Crippen LogP contribution in [0.5, 0.6) is 0 Å². The van der Waals surface area contributed by atoms with E-state index in [-0.39, 0.29) is 0 Å². The third kappa shape index (κ3) is 4.00. The fourth-order valence-corrected chi connectivity index (χ4v) is 2.11. The van der Waals surface area contributed by atoms with Crippen LogP contribution < -0.4 is 10.6 Å². The number of hydrogen-bond acceptors (Lipinski definition) is 2. The summed E-state index contributed by atoms with van der Waals surface area (Å²) in [6, 6.07) is 10.2. The molecule has 0 aliphatic carbocycles. The molecule has 0 heterocycles. The highest BCUT2D eigenvalue weighted by Gasteiger charge is 2.15. The molecule has 2 rings (SSSR count). The van der Waals surface area contributed by atoms with Crippen LogP contribution in [0.1, 0.15) is 11.1 Å². The van der Waals surface area contributed by atoms with Gasteiger partial charge < -0.3 is 10.6 Å². The first-order valence-electron chi connectivity index (χ1n) is 6.51. The lowest BCUT2D eigenvalue weighted by atomic mass is 10.1. The van der Waals surface area contributed by atoms with Crippen molar-refractivity contribution in [2.75, 3.05) is 10.6 Å². The van der Waals surface area contributed by atoms with Gasteiger partial charge in [0.1, 0.15) is 0 Å². The predicted octanol–water partition coefficient (Wildman–Crippen LogP) is 4.19. The molecular formula is C16H14Cl2N2O2. The van der Waals surface area contributed by atoms with Crippen LogP contribution in [-0.2, 0) is 9.59 Å². The summed E-state index contributed by atoms with van der Waals surface area (Å²) < 4.78 is 0. The van der Waals surface area contributed by atoms with Crippen LogP contribution in [0, 0.1) is 13.8 Å². The number of carbonyl (C=O) groups is 2. The average molecular weight is 337 g/mol. The number of hydrogen-bond donors (Lipinski definition) is 2. The summed E-state index contributed by atoms with van der Waals surface area (Å²) in [6.45, 7) is 3.76. The van der Waals surface area contributed by atoms with E-state index >= 15 is 0 Å². The SMILES string of the molecule is Cc1ccc(C)c(NC(=O)C(=O)Nc2ccc(Cl)c(Cl)c2)c1. The van der Waals surface area contributed by atoms with E-state index in [0.29, 0.717) is 21.4 Å². The number of rotatable bonds is 2. The monoisotopic (exact) mass is 336 g/mol. The normalized spacial score (nSPS) is 10.2. The Labute approximate surface area is 138 Å². The molecule has 0 aromatic heterocycles. The molecule has 2 amide bonds. The summed E-state index contributed by atoms with van der Waals surface area (Å²) in [7, 11) is 0. The van der Waals surface area contributed by atoms with E-state index in [1.54, 1.807) is 18.2 Å². The minimum absolute atomic E-state index is 0.300. The zero-order valence-electron chi connectivity index (χ0n) is 12.0. The lowest BCUT2D eigenvalue weighted by Crippen LogP contribution is -2.29. The molecule has 0 aliphatic rings. The molecule has 0 fully saturated rings. The maximum absolute atomic E-state index is 11.9. The van der Waals surface area contributed by atoms with Crippen LogP contribution in [0.15, 0.2) is 36.4 Å². The Bertz CT molecular complexity index is 745. The van der Waals surface area contributed by atoms with Gasteiger partial charge in [-0.05, 0) is 49.2 Å². The van der Waals surface area contributed by atoms with Crippen molar-refractivity contribution < 1.29 is 9.59 Å². The highest BCUT2D eigenvalue weighted by atomic mass is 35.5. The second kappa shape index (κ2) is 6.81. The van der Waals surface area contributed by atoms with Crippen molar-refractivity contribution in [1.82, 2.24) is 0 Å². The molecule has 114 valence electrons. The molecule has 0 saturated heterocycles. The van der Waals surface area contributed by atoms with E-state index in [1.165, 1.54) is 6.07 Å². The lowest BCUT2D eigenvalue weighted by molar-refractivity contribution is -0.133. The van der Waals surface area contributed by atoms with Crippen molar-refractivity contribution in [2.45, 2.75) is 13.8 Å². The van der Waals surface area contributed by atoms with Crippen LogP contribution in [0.2, 0.25) is 10.0 Å². The summed E-state index contributed by atoms with van der Waals surface area (Å²) >= 11 is 11.7. The Morgan fingerprint density at radius 2 is 1.55 bits per heavy atom. The van der Waals surface area contributed by atoms with Crippen LogP contribution in [0.25, 0.3) is 0 Å². The number of aryl methyl sites for hydroxylation is 2. The quantitative estimate of drug-likeness (QED) is 0.808. The molecule has 0 bridgehead atoms. The Morgan fingerprint density at radius 1 is 0.864 bits per heavy atom.